The number of rotatable bonds is 7. The van der Waals surface area contributed by atoms with Crippen LogP contribution in [0, 0.1) is 6.92 Å². The summed E-state index contributed by atoms with van der Waals surface area (Å²) in [6.07, 6.45) is 3.81. The zero-order valence-corrected chi connectivity index (χ0v) is 16.1. The number of nitrogens with one attached hydrogen (secondary N) is 2. The Morgan fingerprint density at radius 1 is 1.31 bits per heavy atom. The highest BCUT2D eigenvalue weighted by atomic mass is 16.5. The van der Waals surface area contributed by atoms with Gasteiger partial charge in [0.25, 0.3) is 11.5 Å². The first kappa shape index (κ1) is 18.9. The van der Waals surface area contributed by atoms with Crippen LogP contribution in [0.2, 0.25) is 0 Å². The normalized spacial score (nSPS) is 13.4. The van der Waals surface area contributed by atoms with Crippen molar-refractivity contribution in [1.82, 2.24) is 19.9 Å². The maximum Gasteiger partial charge on any atom is 0.330 e. The fourth-order valence-electron chi connectivity index (χ4n) is 3.20. The molecule has 2 aromatic heterocycles. The lowest BCUT2D eigenvalue weighted by Gasteiger charge is -2.10. The number of ether oxygens (including phenoxy) is 1. The summed E-state index contributed by atoms with van der Waals surface area (Å²) < 4.78 is 7.16. The Labute approximate surface area is 166 Å². The third kappa shape index (κ3) is 4.21. The maximum absolute atomic E-state index is 12.4. The number of nitrogens with zero attached hydrogens (tertiary/aromatic N) is 2. The number of aromatic nitrogens is 3. The highest BCUT2D eigenvalue weighted by molar-refractivity contribution is 5.96. The van der Waals surface area contributed by atoms with E-state index >= 15 is 0 Å². The third-order valence-corrected chi connectivity index (χ3v) is 4.82. The van der Waals surface area contributed by atoms with Crippen molar-refractivity contribution in [2.45, 2.75) is 32.2 Å². The summed E-state index contributed by atoms with van der Waals surface area (Å²) >= 11 is 0. The van der Waals surface area contributed by atoms with Crippen molar-refractivity contribution in [3.63, 3.8) is 0 Å². The molecular formula is C21H22N4O4. The van der Waals surface area contributed by atoms with Gasteiger partial charge in [-0.3, -0.25) is 19.1 Å². The molecule has 8 nitrogen and oxygen atoms in total. The average molecular weight is 394 g/mol. The Balaban J connectivity index is 1.38. The molecule has 2 N–H and O–H groups in total. The molecule has 0 spiro atoms. The first-order valence-electron chi connectivity index (χ1n) is 9.65. The van der Waals surface area contributed by atoms with Crippen LogP contribution in [-0.4, -0.2) is 33.6 Å². The number of aromatic amines is 1. The highest BCUT2D eigenvalue weighted by Gasteiger charge is 2.27. The van der Waals surface area contributed by atoms with Gasteiger partial charge in [0.1, 0.15) is 11.4 Å². The molecular weight excluding hydrogens is 372 g/mol. The molecule has 150 valence electrons. The number of carbonyl (C=O) groups is 1. The molecule has 1 saturated carbocycles. The summed E-state index contributed by atoms with van der Waals surface area (Å²) in [5, 5.41) is 3.04. The Bertz CT molecular complexity index is 1180. The predicted molar refractivity (Wildman–Crippen MR) is 109 cm³/mol. The van der Waals surface area contributed by atoms with Gasteiger partial charge in [0.2, 0.25) is 0 Å². The second-order valence-corrected chi connectivity index (χ2v) is 7.23. The van der Waals surface area contributed by atoms with Gasteiger partial charge >= 0.3 is 5.69 Å². The predicted octanol–water partition coefficient (Wildman–Crippen LogP) is 1.93. The summed E-state index contributed by atoms with van der Waals surface area (Å²) in [5.74, 6) is 0.481. The fraction of sp³-hybridized carbons (Fsp3) is 0.333. The Kier molecular flexibility index (Phi) is 5.16. The quantitative estimate of drug-likeness (QED) is 0.596. The summed E-state index contributed by atoms with van der Waals surface area (Å²) in [6, 6.07) is 9.34. The fourth-order valence-corrected chi connectivity index (χ4v) is 3.20. The van der Waals surface area contributed by atoms with E-state index in [0.29, 0.717) is 25.2 Å². The molecule has 29 heavy (non-hydrogen) atoms. The average Bonchev–Trinajstić information content (AvgIpc) is 3.52. The molecule has 1 aliphatic carbocycles. The van der Waals surface area contributed by atoms with Crippen LogP contribution in [0.3, 0.4) is 0 Å². The van der Waals surface area contributed by atoms with Crippen molar-refractivity contribution >= 4 is 16.9 Å². The van der Waals surface area contributed by atoms with Crippen LogP contribution in [-0.2, 0) is 0 Å². The van der Waals surface area contributed by atoms with Crippen molar-refractivity contribution in [1.29, 1.82) is 0 Å². The molecule has 0 unspecified atom stereocenters. The molecule has 1 aliphatic rings. The van der Waals surface area contributed by atoms with Crippen LogP contribution < -0.4 is 21.3 Å². The molecule has 3 aromatic rings. The molecule has 4 rings (SSSR count). The lowest BCUT2D eigenvalue weighted by molar-refractivity contribution is 0.0951. The molecule has 0 saturated heterocycles. The molecule has 0 aliphatic heterocycles. The van der Waals surface area contributed by atoms with E-state index in [-0.39, 0.29) is 22.9 Å². The Morgan fingerprint density at radius 3 is 2.90 bits per heavy atom. The van der Waals surface area contributed by atoms with Crippen LogP contribution in [0.4, 0.5) is 0 Å². The van der Waals surface area contributed by atoms with E-state index in [1.54, 1.807) is 0 Å². The molecule has 0 radical (unpaired) electrons. The van der Waals surface area contributed by atoms with Crippen LogP contribution >= 0.6 is 0 Å². The molecule has 2 heterocycles. The Morgan fingerprint density at radius 2 is 2.14 bits per heavy atom. The number of hydrogen-bond donors (Lipinski definition) is 2. The standard InChI is InChI=1S/C21H22N4O4/c1-13-4-2-5-16(10-13)29-9-3-8-22-19(26)14-11-17-18(23-12-14)25(15-6-7-15)21(28)24-20(17)27/h2,4-5,10-12,15H,3,6-9H2,1H3,(H,22,26)(H,24,27,28). The second kappa shape index (κ2) is 7.90. The zero-order chi connectivity index (χ0) is 20.4. The number of benzene rings is 1. The first-order valence-corrected chi connectivity index (χ1v) is 9.65. The summed E-state index contributed by atoms with van der Waals surface area (Å²) in [7, 11) is 0. The van der Waals surface area contributed by atoms with Gasteiger partial charge in [0.05, 0.1) is 17.6 Å². The number of H-pyrrole nitrogens is 1. The van der Waals surface area contributed by atoms with E-state index in [1.807, 2.05) is 31.2 Å². The minimum atomic E-state index is -0.532. The number of carbonyl (C=O) groups excluding carboxylic acids is 1. The van der Waals surface area contributed by atoms with Gasteiger partial charge in [-0.2, -0.15) is 0 Å². The number of fused-ring (bicyclic) bond motifs is 1. The van der Waals surface area contributed by atoms with E-state index in [0.717, 1.165) is 24.2 Å². The minimum absolute atomic E-state index is 0.0717. The van der Waals surface area contributed by atoms with Gasteiger partial charge in [-0.1, -0.05) is 12.1 Å². The topological polar surface area (TPSA) is 106 Å². The van der Waals surface area contributed by atoms with E-state index in [4.69, 9.17) is 4.74 Å². The van der Waals surface area contributed by atoms with Crippen molar-refractivity contribution in [3.8, 4) is 5.75 Å². The van der Waals surface area contributed by atoms with E-state index in [9.17, 15) is 14.4 Å². The van der Waals surface area contributed by atoms with E-state index in [1.165, 1.54) is 16.8 Å². The molecule has 1 aromatic carbocycles. The molecule has 8 heteroatoms. The van der Waals surface area contributed by atoms with E-state index in [2.05, 4.69) is 15.3 Å². The summed E-state index contributed by atoms with van der Waals surface area (Å²) in [6.45, 7) is 2.91. The van der Waals surface area contributed by atoms with Gasteiger partial charge in [-0.05, 0) is 49.9 Å². The number of hydrogen-bond acceptors (Lipinski definition) is 5. The zero-order valence-electron chi connectivity index (χ0n) is 16.1. The van der Waals surface area contributed by atoms with Crippen LogP contribution in [0.5, 0.6) is 5.75 Å². The Hall–Kier alpha value is -3.42. The van der Waals surface area contributed by atoms with Crippen LogP contribution in [0.25, 0.3) is 11.0 Å². The summed E-state index contributed by atoms with van der Waals surface area (Å²) in [5.41, 5.74) is 0.744. The van der Waals surface area contributed by atoms with Crippen molar-refractivity contribution in [2.24, 2.45) is 0 Å². The largest absolute Gasteiger partial charge is 0.494 e. The lowest BCUT2D eigenvalue weighted by Crippen LogP contribution is -2.31. The molecule has 1 amide bonds. The van der Waals surface area contributed by atoms with Crippen molar-refractivity contribution in [2.75, 3.05) is 13.2 Å². The van der Waals surface area contributed by atoms with Gasteiger partial charge in [-0.25, -0.2) is 9.78 Å². The lowest BCUT2D eigenvalue weighted by atomic mass is 10.2. The van der Waals surface area contributed by atoms with Crippen LogP contribution in [0.15, 0.2) is 46.1 Å². The highest BCUT2D eigenvalue weighted by Crippen LogP contribution is 2.34. The van der Waals surface area contributed by atoms with Crippen molar-refractivity contribution in [3.05, 3.63) is 68.5 Å². The van der Waals surface area contributed by atoms with Gasteiger partial charge in [0, 0.05) is 18.8 Å². The molecule has 1 fully saturated rings. The maximum atomic E-state index is 12.4. The smallest absolute Gasteiger partial charge is 0.330 e. The number of aryl methyl sites for hydroxylation is 1. The molecule has 0 bridgehead atoms. The van der Waals surface area contributed by atoms with Crippen LogP contribution in [0.1, 0.15) is 41.2 Å². The first-order chi connectivity index (χ1) is 14.0. The number of amides is 1. The minimum Gasteiger partial charge on any atom is -0.494 e. The third-order valence-electron chi connectivity index (χ3n) is 4.82. The number of pyridine rings is 1. The second-order valence-electron chi connectivity index (χ2n) is 7.23. The van der Waals surface area contributed by atoms with Crippen molar-refractivity contribution < 1.29 is 9.53 Å². The van der Waals surface area contributed by atoms with Gasteiger partial charge in [-0.15, -0.1) is 0 Å². The molecule has 0 atom stereocenters. The van der Waals surface area contributed by atoms with E-state index < -0.39 is 11.2 Å². The monoisotopic (exact) mass is 394 g/mol. The summed E-state index contributed by atoms with van der Waals surface area (Å²) in [4.78, 5) is 43.2. The SMILES string of the molecule is Cc1cccc(OCCCNC(=O)c2cnc3c(c2)c(=O)[nH]c(=O)n3C2CC2)c1. The van der Waals surface area contributed by atoms with Gasteiger partial charge < -0.3 is 10.1 Å². The van der Waals surface area contributed by atoms with Gasteiger partial charge in [0.15, 0.2) is 0 Å².